The van der Waals surface area contributed by atoms with Crippen LogP contribution in [0.25, 0.3) is 0 Å². The normalized spacial score (nSPS) is 19.0. The predicted octanol–water partition coefficient (Wildman–Crippen LogP) is 2.12. The molecule has 4 nitrogen and oxygen atoms in total. The van der Waals surface area contributed by atoms with Crippen LogP contribution in [0.3, 0.4) is 0 Å². The maximum Gasteiger partial charge on any atom is 0.165 e. The quantitative estimate of drug-likeness (QED) is 0.778. The summed E-state index contributed by atoms with van der Waals surface area (Å²) in [6, 6.07) is 5.01. The SMILES string of the molecule is COCCNCc1cccc(F)c1OC1CCCOC1. The second kappa shape index (κ2) is 8.19. The molecule has 20 heavy (non-hydrogen) atoms. The van der Waals surface area contributed by atoms with E-state index in [4.69, 9.17) is 14.2 Å². The Bertz CT molecular complexity index is 408. The number of halogens is 1. The number of para-hydroxylation sites is 1. The number of rotatable bonds is 7. The molecule has 1 heterocycles. The van der Waals surface area contributed by atoms with Crippen LogP contribution >= 0.6 is 0 Å². The van der Waals surface area contributed by atoms with Crippen molar-refractivity contribution in [3.63, 3.8) is 0 Å². The number of hydrogen-bond acceptors (Lipinski definition) is 4. The van der Waals surface area contributed by atoms with Gasteiger partial charge in [0, 0.05) is 32.4 Å². The van der Waals surface area contributed by atoms with Crippen LogP contribution in [0, 0.1) is 5.82 Å². The molecule has 5 heteroatoms. The van der Waals surface area contributed by atoms with Gasteiger partial charge in [-0.3, -0.25) is 0 Å². The first-order valence-electron chi connectivity index (χ1n) is 7.02. The highest BCUT2D eigenvalue weighted by Gasteiger charge is 2.19. The van der Waals surface area contributed by atoms with E-state index in [0.29, 0.717) is 25.5 Å². The maximum absolute atomic E-state index is 14.0. The van der Waals surface area contributed by atoms with Crippen LogP contribution in [0.15, 0.2) is 18.2 Å². The second-order valence-corrected chi connectivity index (χ2v) is 4.85. The average molecular weight is 283 g/mol. The van der Waals surface area contributed by atoms with E-state index in [-0.39, 0.29) is 11.9 Å². The Balaban J connectivity index is 1.97. The first kappa shape index (κ1) is 15.2. The second-order valence-electron chi connectivity index (χ2n) is 4.85. The zero-order valence-electron chi connectivity index (χ0n) is 11.9. The number of nitrogens with one attached hydrogen (secondary N) is 1. The molecular formula is C15H22FNO3. The Hall–Kier alpha value is -1.17. The van der Waals surface area contributed by atoms with Crippen LogP contribution < -0.4 is 10.1 Å². The standard InChI is InChI=1S/C15H22FNO3/c1-18-9-7-17-10-12-4-2-6-14(16)15(12)20-13-5-3-8-19-11-13/h2,4,6,13,17H,3,5,7-11H2,1H3. The summed E-state index contributed by atoms with van der Waals surface area (Å²) in [7, 11) is 1.65. The summed E-state index contributed by atoms with van der Waals surface area (Å²) < 4.78 is 30.1. The molecule has 0 aromatic heterocycles. The van der Waals surface area contributed by atoms with Gasteiger partial charge in [0.05, 0.1) is 13.2 Å². The van der Waals surface area contributed by atoms with Gasteiger partial charge >= 0.3 is 0 Å². The van der Waals surface area contributed by atoms with Gasteiger partial charge in [-0.15, -0.1) is 0 Å². The third-order valence-corrected chi connectivity index (χ3v) is 3.25. The fraction of sp³-hybridized carbons (Fsp3) is 0.600. The van der Waals surface area contributed by atoms with Gasteiger partial charge in [0.2, 0.25) is 0 Å². The zero-order chi connectivity index (χ0) is 14.2. The minimum atomic E-state index is -0.318. The van der Waals surface area contributed by atoms with Crippen LogP contribution in [0.2, 0.25) is 0 Å². The van der Waals surface area contributed by atoms with Crippen molar-refractivity contribution in [3.8, 4) is 5.75 Å². The van der Waals surface area contributed by atoms with Gasteiger partial charge in [-0.05, 0) is 18.9 Å². The summed E-state index contributed by atoms with van der Waals surface area (Å²) in [5.74, 6) is 0.0227. The maximum atomic E-state index is 14.0. The molecular weight excluding hydrogens is 261 g/mol. The monoisotopic (exact) mass is 283 g/mol. The number of ether oxygens (including phenoxy) is 3. The van der Waals surface area contributed by atoms with Crippen molar-refractivity contribution in [1.82, 2.24) is 5.32 Å². The summed E-state index contributed by atoms with van der Waals surface area (Å²) in [5.41, 5.74) is 0.826. The molecule has 0 saturated carbocycles. The van der Waals surface area contributed by atoms with E-state index in [9.17, 15) is 4.39 Å². The third-order valence-electron chi connectivity index (χ3n) is 3.25. The van der Waals surface area contributed by atoms with Gasteiger partial charge in [0.25, 0.3) is 0 Å². The average Bonchev–Trinajstić information content (AvgIpc) is 2.48. The molecule has 112 valence electrons. The Morgan fingerprint density at radius 3 is 3.10 bits per heavy atom. The number of methoxy groups -OCH3 is 1. The Kier molecular flexibility index (Phi) is 6.24. The van der Waals surface area contributed by atoms with Gasteiger partial charge in [0.15, 0.2) is 11.6 Å². The van der Waals surface area contributed by atoms with Gasteiger partial charge < -0.3 is 19.5 Å². The molecule has 0 amide bonds. The number of hydrogen-bond donors (Lipinski definition) is 1. The smallest absolute Gasteiger partial charge is 0.165 e. The molecule has 1 N–H and O–H groups in total. The molecule has 1 fully saturated rings. The highest BCUT2D eigenvalue weighted by Crippen LogP contribution is 2.25. The molecule has 1 aromatic carbocycles. The molecule has 1 atom stereocenters. The predicted molar refractivity (Wildman–Crippen MR) is 74.5 cm³/mol. The molecule has 0 aliphatic carbocycles. The van der Waals surface area contributed by atoms with Gasteiger partial charge in [0.1, 0.15) is 6.10 Å². The van der Waals surface area contributed by atoms with E-state index >= 15 is 0 Å². The molecule has 2 rings (SSSR count). The van der Waals surface area contributed by atoms with E-state index in [1.165, 1.54) is 6.07 Å². The summed E-state index contributed by atoms with van der Waals surface area (Å²) in [6.07, 6.45) is 1.81. The van der Waals surface area contributed by atoms with Gasteiger partial charge in [-0.25, -0.2) is 4.39 Å². The van der Waals surface area contributed by atoms with Crippen molar-refractivity contribution in [2.75, 3.05) is 33.5 Å². The lowest BCUT2D eigenvalue weighted by Crippen LogP contribution is -2.29. The van der Waals surface area contributed by atoms with Crippen LogP contribution in [-0.4, -0.2) is 39.6 Å². The van der Waals surface area contributed by atoms with Crippen LogP contribution in [0.4, 0.5) is 4.39 Å². The fourth-order valence-electron chi connectivity index (χ4n) is 2.19. The topological polar surface area (TPSA) is 39.7 Å². The van der Waals surface area contributed by atoms with E-state index in [0.717, 1.165) is 31.6 Å². The summed E-state index contributed by atoms with van der Waals surface area (Å²) in [6.45, 7) is 3.21. The fourth-order valence-corrected chi connectivity index (χ4v) is 2.19. The minimum Gasteiger partial charge on any atom is -0.485 e. The van der Waals surface area contributed by atoms with Crippen molar-refractivity contribution in [2.45, 2.75) is 25.5 Å². The van der Waals surface area contributed by atoms with E-state index < -0.39 is 0 Å². The molecule has 0 bridgehead atoms. The Labute approximate surface area is 119 Å². The van der Waals surface area contributed by atoms with E-state index in [2.05, 4.69) is 5.32 Å². The van der Waals surface area contributed by atoms with E-state index in [1.54, 1.807) is 13.2 Å². The lowest BCUT2D eigenvalue weighted by Gasteiger charge is -2.24. The third kappa shape index (κ3) is 4.44. The van der Waals surface area contributed by atoms with Crippen molar-refractivity contribution in [1.29, 1.82) is 0 Å². The highest BCUT2D eigenvalue weighted by atomic mass is 19.1. The molecule has 1 saturated heterocycles. The molecule has 1 aliphatic rings. The van der Waals surface area contributed by atoms with Crippen molar-refractivity contribution < 1.29 is 18.6 Å². The van der Waals surface area contributed by atoms with Crippen molar-refractivity contribution in [3.05, 3.63) is 29.6 Å². The summed E-state index contributed by atoms with van der Waals surface area (Å²) >= 11 is 0. The lowest BCUT2D eigenvalue weighted by atomic mass is 10.1. The van der Waals surface area contributed by atoms with Gasteiger partial charge in [-0.2, -0.15) is 0 Å². The number of benzene rings is 1. The first-order valence-corrected chi connectivity index (χ1v) is 7.02. The zero-order valence-corrected chi connectivity index (χ0v) is 11.9. The van der Waals surface area contributed by atoms with E-state index in [1.807, 2.05) is 6.07 Å². The van der Waals surface area contributed by atoms with Crippen LogP contribution in [0.5, 0.6) is 5.75 Å². The van der Waals surface area contributed by atoms with Gasteiger partial charge in [-0.1, -0.05) is 12.1 Å². The van der Waals surface area contributed by atoms with Crippen molar-refractivity contribution in [2.24, 2.45) is 0 Å². The first-order chi connectivity index (χ1) is 9.81. The summed E-state index contributed by atoms with van der Waals surface area (Å²) in [5, 5.41) is 3.20. The molecule has 1 aliphatic heterocycles. The minimum absolute atomic E-state index is 0.0571. The van der Waals surface area contributed by atoms with Crippen LogP contribution in [-0.2, 0) is 16.0 Å². The van der Waals surface area contributed by atoms with Crippen LogP contribution in [0.1, 0.15) is 18.4 Å². The molecule has 1 aromatic rings. The summed E-state index contributed by atoms with van der Waals surface area (Å²) in [4.78, 5) is 0. The molecule has 0 radical (unpaired) electrons. The highest BCUT2D eigenvalue weighted by molar-refractivity contribution is 5.35. The largest absolute Gasteiger partial charge is 0.485 e. The Morgan fingerprint density at radius 2 is 2.35 bits per heavy atom. The molecule has 0 spiro atoms. The van der Waals surface area contributed by atoms with Crippen molar-refractivity contribution >= 4 is 0 Å². The Morgan fingerprint density at radius 1 is 1.45 bits per heavy atom. The lowest BCUT2D eigenvalue weighted by molar-refractivity contribution is 0.00541. The molecule has 1 unspecified atom stereocenters.